The van der Waals surface area contributed by atoms with E-state index >= 15 is 0 Å². The van der Waals surface area contributed by atoms with Crippen LogP contribution in [0.3, 0.4) is 0 Å². The standard InChI is InChI=1S/C17H23ClN4O/c1-3-12(10-23)9-11(2)20-16-14(13-7-5-4-6-8-13)15(18)21-17(19)22-16/h4-8,11-12,23H,3,9-10H2,1-2H3,(H3,19,20,21,22)/t11?,12-/m1/s1. The third-order valence-electron chi connectivity index (χ3n) is 3.85. The highest BCUT2D eigenvalue weighted by Crippen LogP contribution is 2.33. The minimum atomic E-state index is 0.125. The van der Waals surface area contributed by atoms with Crippen molar-refractivity contribution in [2.45, 2.75) is 32.7 Å². The first kappa shape index (κ1) is 17.5. The third-order valence-corrected chi connectivity index (χ3v) is 4.12. The van der Waals surface area contributed by atoms with Gasteiger partial charge in [0.2, 0.25) is 5.95 Å². The fourth-order valence-corrected chi connectivity index (χ4v) is 2.86. The van der Waals surface area contributed by atoms with Crippen LogP contribution >= 0.6 is 11.6 Å². The molecule has 0 spiro atoms. The second kappa shape index (κ2) is 8.13. The van der Waals surface area contributed by atoms with Gasteiger partial charge in [-0.15, -0.1) is 0 Å². The number of nitrogens with two attached hydrogens (primary N) is 1. The van der Waals surface area contributed by atoms with Crippen molar-refractivity contribution in [1.29, 1.82) is 0 Å². The average Bonchev–Trinajstić information content (AvgIpc) is 2.53. The zero-order valence-corrected chi connectivity index (χ0v) is 14.2. The van der Waals surface area contributed by atoms with Gasteiger partial charge in [-0.25, -0.2) is 4.98 Å². The van der Waals surface area contributed by atoms with E-state index in [4.69, 9.17) is 17.3 Å². The Bertz CT molecular complexity index is 632. The molecular weight excluding hydrogens is 312 g/mol. The molecule has 2 atom stereocenters. The van der Waals surface area contributed by atoms with Crippen LogP contribution in [0.4, 0.5) is 11.8 Å². The summed E-state index contributed by atoms with van der Waals surface area (Å²) in [6.45, 7) is 4.31. The summed E-state index contributed by atoms with van der Waals surface area (Å²) in [5, 5.41) is 13.1. The molecule has 0 radical (unpaired) electrons. The Labute approximate surface area is 141 Å². The Morgan fingerprint density at radius 1 is 1.26 bits per heavy atom. The first-order valence-electron chi connectivity index (χ1n) is 7.81. The van der Waals surface area contributed by atoms with Gasteiger partial charge in [0.25, 0.3) is 0 Å². The van der Waals surface area contributed by atoms with Crippen LogP contribution in [0.15, 0.2) is 30.3 Å². The number of nitrogens with zero attached hydrogens (tertiary/aromatic N) is 2. The number of benzene rings is 1. The van der Waals surface area contributed by atoms with Crippen molar-refractivity contribution in [3.63, 3.8) is 0 Å². The molecule has 4 N–H and O–H groups in total. The zero-order chi connectivity index (χ0) is 16.8. The summed E-state index contributed by atoms with van der Waals surface area (Å²) in [6.07, 6.45) is 1.77. The molecule has 0 saturated heterocycles. The minimum Gasteiger partial charge on any atom is -0.396 e. The van der Waals surface area contributed by atoms with Gasteiger partial charge < -0.3 is 16.2 Å². The maximum atomic E-state index is 9.37. The zero-order valence-electron chi connectivity index (χ0n) is 13.5. The van der Waals surface area contributed by atoms with E-state index in [2.05, 4.69) is 29.1 Å². The van der Waals surface area contributed by atoms with Crippen LogP contribution in [-0.4, -0.2) is 27.7 Å². The van der Waals surface area contributed by atoms with Crippen LogP contribution in [0.2, 0.25) is 5.15 Å². The number of rotatable bonds is 7. The molecule has 1 aromatic heterocycles. The van der Waals surface area contributed by atoms with Crippen LogP contribution in [0.25, 0.3) is 11.1 Å². The second-order valence-electron chi connectivity index (χ2n) is 5.70. The molecule has 2 rings (SSSR count). The lowest BCUT2D eigenvalue weighted by Gasteiger charge is -2.21. The summed E-state index contributed by atoms with van der Waals surface area (Å²) < 4.78 is 0. The molecular formula is C17H23ClN4O. The van der Waals surface area contributed by atoms with Crippen molar-refractivity contribution in [3.05, 3.63) is 35.5 Å². The highest BCUT2D eigenvalue weighted by Gasteiger charge is 2.17. The second-order valence-corrected chi connectivity index (χ2v) is 6.06. The number of anilines is 2. The maximum Gasteiger partial charge on any atom is 0.223 e. The molecule has 1 aromatic carbocycles. The summed E-state index contributed by atoms with van der Waals surface area (Å²) >= 11 is 6.30. The van der Waals surface area contributed by atoms with Gasteiger partial charge in [0.1, 0.15) is 11.0 Å². The van der Waals surface area contributed by atoms with Crippen molar-refractivity contribution < 1.29 is 5.11 Å². The molecule has 0 aliphatic heterocycles. The van der Waals surface area contributed by atoms with E-state index in [-0.39, 0.29) is 24.5 Å². The smallest absolute Gasteiger partial charge is 0.223 e. The average molecular weight is 335 g/mol. The molecule has 1 heterocycles. The molecule has 0 fully saturated rings. The maximum absolute atomic E-state index is 9.37. The van der Waals surface area contributed by atoms with Gasteiger partial charge in [-0.3, -0.25) is 0 Å². The number of halogens is 1. The van der Waals surface area contributed by atoms with Gasteiger partial charge in [-0.05, 0) is 24.8 Å². The normalized spacial score (nSPS) is 13.6. The van der Waals surface area contributed by atoms with Gasteiger partial charge in [-0.2, -0.15) is 4.98 Å². The molecule has 0 aliphatic carbocycles. The Hall–Kier alpha value is -1.85. The number of nitrogen functional groups attached to an aromatic ring is 1. The lowest BCUT2D eigenvalue weighted by molar-refractivity contribution is 0.211. The molecule has 0 amide bonds. The predicted octanol–water partition coefficient (Wildman–Crippen LogP) is 3.59. The van der Waals surface area contributed by atoms with E-state index in [1.165, 1.54) is 0 Å². The quantitative estimate of drug-likeness (QED) is 0.674. The van der Waals surface area contributed by atoms with Gasteiger partial charge in [0.15, 0.2) is 0 Å². The van der Waals surface area contributed by atoms with E-state index in [0.717, 1.165) is 24.0 Å². The number of nitrogens with one attached hydrogen (secondary N) is 1. The SMILES string of the molecule is CC[C@@H](CO)CC(C)Nc1nc(N)nc(Cl)c1-c1ccccc1. The Kier molecular flexibility index (Phi) is 6.19. The first-order valence-corrected chi connectivity index (χ1v) is 8.18. The van der Waals surface area contributed by atoms with E-state index < -0.39 is 0 Å². The monoisotopic (exact) mass is 334 g/mol. The van der Waals surface area contributed by atoms with Crippen LogP contribution in [0.5, 0.6) is 0 Å². The number of hydrogen-bond acceptors (Lipinski definition) is 5. The van der Waals surface area contributed by atoms with E-state index in [1.54, 1.807) is 0 Å². The molecule has 0 bridgehead atoms. The molecule has 2 aromatic rings. The summed E-state index contributed by atoms with van der Waals surface area (Å²) in [5.41, 5.74) is 7.42. The Morgan fingerprint density at radius 2 is 1.96 bits per heavy atom. The molecule has 0 saturated carbocycles. The predicted molar refractivity (Wildman–Crippen MR) is 95.5 cm³/mol. The lowest BCUT2D eigenvalue weighted by atomic mass is 9.99. The van der Waals surface area contributed by atoms with Gasteiger partial charge in [-0.1, -0.05) is 55.3 Å². The van der Waals surface area contributed by atoms with Crippen LogP contribution < -0.4 is 11.1 Å². The number of aromatic nitrogens is 2. The van der Waals surface area contributed by atoms with E-state index in [1.807, 2.05) is 30.3 Å². The first-order chi connectivity index (χ1) is 11.0. The molecule has 0 aliphatic rings. The Balaban J connectivity index is 2.31. The van der Waals surface area contributed by atoms with E-state index in [9.17, 15) is 5.11 Å². The molecule has 124 valence electrons. The van der Waals surface area contributed by atoms with Gasteiger partial charge in [0.05, 0.1) is 5.56 Å². The van der Waals surface area contributed by atoms with Gasteiger partial charge in [0, 0.05) is 12.6 Å². The fourth-order valence-electron chi connectivity index (χ4n) is 2.58. The van der Waals surface area contributed by atoms with Crippen LogP contribution in [-0.2, 0) is 0 Å². The Morgan fingerprint density at radius 3 is 2.57 bits per heavy atom. The topological polar surface area (TPSA) is 84.1 Å². The number of aliphatic hydroxyl groups excluding tert-OH is 1. The summed E-state index contributed by atoms with van der Waals surface area (Å²) in [4.78, 5) is 8.38. The van der Waals surface area contributed by atoms with Crippen molar-refractivity contribution in [1.82, 2.24) is 9.97 Å². The van der Waals surface area contributed by atoms with Crippen molar-refractivity contribution in [3.8, 4) is 11.1 Å². The van der Waals surface area contributed by atoms with Crippen molar-refractivity contribution >= 4 is 23.4 Å². The lowest BCUT2D eigenvalue weighted by Crippen LogP contribution is -2.22. The van der Waals surface area contributed by atoms with Crippen LogP contribution in [0.1, 0.15) is 26.7 Å². The highest BCUT2D eigenvalue weighted by molar-refractivity contribution is 6.32. The van der Waals surface area contributed by atoms with E-state index in [0.29, 0.717) is 11.0 Å². The number of aliphatic hydroxyl groups is 1. The molecule has 6 heteroatoms. The van der Waals surface area contributed by atoms with Crippen molar-refractivity contribution in [2.75, 3.05) is 17.7 Å². The fraction of sp³-hybridized carbons (Fsp3) is 0.412. The van der Waals surface area contributed by atoms with Crippen molar-refractivity contribution in [2.24, 2.45) is 5.92 Å². The molecule has 23 heavy (non-hydrogen) atoms. The summed E-state index contributed by atoms with van der Waals surface area (Å²) in [5.74, 6) is 1.01. The minimum absolute atomic E-state index is 0.125. The molecule has 1 unspecified atom stereocenters. The summed E-state index contributed by atoms with van der Waals surface area (Å²) in [6, 6.07) is 9.86. The molecule has 5 nitrogen and oxygen atoms in total. The van der Waals surface area contributed by atoms with Crippen LogP contribution in [0, 0.1) is 5.92 Å². The third kappa shape index (κ3) is 4.56. The highest BCUT2D eigenvalue weighted by atomic mass is 35.5. The summed E-state index contributed by atoms with van der Waals surface area (Å²) in [7, 11) is 0. The number of hydrogen-bond donors (Lipinski definition) is 3. The van der Waals surface area contributed by atoms with Gasteiger partial charge >= 0.3 is 0 Å². The largest absolute Gasteiger partial charge is 0.396 e.